The van der Waals surface area contributed by atoms with Crippen LogP contribution in [0, 0.1) is 13.8 Å². The molecule has 0 spiro atoms. The van der Waals surface area contributed by atoms with Gasteiger partial charge in [0.05, 0.1) is 4.47 Å². The van der Waals surface area contributed by atoms with Gasteiger partial charge in [-0.3, -0.25) is 0 Å². The van der Waals surface area contributed by atoms with E-state index >= 15 is 0 Å². The number of carboxylic acids is 1. The van der Waals surface area contributed by atoms with Crippen LogP contribution in [0.15, 0.2) is 46.9 Å². The van der Waals surface area contributed by atoms with Gasteiger partial charge >= 0.3 is 5.97 Å². The van der Waals surface area contributed by atoms with E-state index in [-0.39, 0.29) is 0 Å². The van der Waals surface area contributed by atoms with Gasteiger partial charge in [0, 0.05) is 11.6 Å². The molecule has 2 aromatic rings. The highest BCUT2D eigenvalue weighted by Crippen LogP contribution is 2.33. The number of aryl methyl sites for hydroxylation is 2. The summed E-state index contributed by atoms with van der Waals surface area (Å²) in [5, 5.41) is 8.76. The van der Waals surface area contributed by atoms with E-state index in [4.69, 9.17) is 9.84 Å². The van der Waals surface area contributed by atoms with Crippen molar-refractivity contribution in [3.8, 4) is 11.5 Å². The molecule has 0 saturated carbocycles. The third-order valence-electron chi connectivity index (χ3n) is 2.88. The summed E-state index contributed by atoms with van der Waals surface area (Å²) in [4.78, 5) is 10.7. The number of hydrogen-bond acceptors (Lipinski definition) is 2. The minimum atomic E-state index is -0.987. The van der Waals surface area contributed by atoms with Crippen molar-refractivity contribution in [2.75, 3.05) is 0 Å². The minimum absolute atomic E-state index is 0.614. The number of rotatable bonds is 4. The topological polar surface area (TPSA) is 46.5 Å². The summed E-state index contributed by atoms with van der Waals surface area (Å²) in [5.74, 6) is 0.316. The number of halogens is 1. The zero-order valence-corrected chi connectivity index (χ0v) is 13.3. The summed E-state index contributed by atoms with van der Waals surface area (Å²) in [5.41, 5.74) is 2.89. The van der Waals surface area contributed by atoms with Gasteiger partial charge in [0.2, 0.25) is 0 Å². The second-order valence-electron chi connectivity index (χ2n) is 4.75. The predicted octanol–water partition coefficient (Wildman–Crippen LogP) is 4.96. The average molecular weight is 347 g/mol. The Morgan fingerprint density at radius 2 is 1.71 bits per heavy atom. The second kappa shape index (κ2) is 6.59. The maximum Gasteiger partial charge on any atom is 0.328 e. The van der Waals surface area contributed by atoms with Gasteiger partial charge in [0.1, 0.15) is 11.5 Å². The first-order valence-corrected chi connectivity index (χ1v) is 7.20. The van der Waals surface area contributed by atoms with E-state index < -0.39 is 5.97 Å². The number of ether oxygens (including phenoxy) is 1. The van der Waals surface area contributed by atoms with Crippen molar-refractivity contribution in [3.05, 3.63) is 63.6 Å². The van der Waals surface area contributed by atoms with Gasteiger partial charge in [0.25, 0.3) is 0 Å². The molecule has 3 nitrogen and oxygen atoms in total. The first-order valence-electron chi connectivity index (χ1n) is 6.41. The summed E-state index contributed by atoms with van der Waals surface area (Å²) in [6.07, 6.45) is 2.64. The summed E-state index contributed by atoms with van der Waals surface area (Å²) in [6.45, 7) is 3.95. The molecule has 0 radical (unpaired) electrons. The van der Waals surface area contributed by atoms with Crippen molar-refractivity contribution in [3.63, 3.8) is 0 Å². The van der Waals surface area contributed by atoms with Crippen molar-refractivity contribution < 1.29 is 14.6 Å². The lowest BCUT2D eigenvalue weighted by Gasteiger charge is -2.11. The van der Waals surface area contributed by atoms with Crippen molar-refractivity contribution in [1.82, 2.24) is 0 Å². The molecule has 0 aliphatic rings. The molecule has 108 valence electrons. The lowest BCUT2D eigenvalue weighted by molar-refractivity contribution is -0.131. The van der Waals surface area contributed by atoms with Gasteiger partial charge in [-0.15, -0.1) is 0 Å². The summed E-state index contributed by atoms with van der Waals surface area (Å²) >= 11 is 3.47. The fourth-order valence-corrected chi connectivity index (χ4v) is 2.43. The molecule has 2 rings (SSSR count). The standard InChI is InChI=1S/C17H15BrO3/c1-11-3-6-15(13(9-11)5-8-17(19)20)21-16-7-4-12(2)10-14(16)18/h3-10H,1-2H3,(H,19,20)/b8-5+. The maximum atomic E-state index is 10.7. The molecular formula is C17H15BrO3. The Kier molecular flexibility index (Phi) is 4.81. The molecule has 21 heavy (non-hydrogen) atoms. The Morgan fingerprint density at radius 3 is 2.33 bits per heavy atom. The first-order chi connectivity index (χ1) is 9.95. The number of carbonyl (C=O) groups is 1. The first kappa shape index (κ1) is 15.3. The summed E-state index contributed by atoms with van der Waals surface area (Å²) in [7, 11) is 0. The average Bonchev–Trinajstić information content (AvgIpc) is 2.41. The molecule has 0 saturated heterocycles. The molecule has 0 bridgehead atoms. The van der Waals surface area contributed by atoms with E-state index in [2.05, 4.69) is 15.9 Å². The Balaban J connectivity index is 2.37. The molecule has 0 unspecified atom stereocenters. The van der Waals surface area contributed by atoms with E-state index in [1.807, 2.05) is 50.2 Å². The third kappa shape index (κ3) is 4.20. The molecule has 0 aliphatic heterocycles. The SMILES string of the molecule is Cc1ccc(Oc2ccc(C)cc2/C=C/C(=O)O)c(Br)c1. The molecule has 0 aromatic heterocycles. The molecular weight excluding hydrogens is 332 g/mol. The van der Waals surface area contributed by atoms with Gasteiger partial charge in [-0.25, -0.2) is 4.79 Å². The molecule has 0 atom stereocenters. The fourth-order valence-electron chi connectivity index (χ4n) is 1.86. The van der Waals surface area contributed by atoms with E-state index in [1.165, 1.54) is 6.08 Å². The van der Waals surface area contributed by atoms with E-state index in [1.54, 1.807) is 0 Å². The predicted molar refractivity (Wildman–Crippen MR) is 86.8 cm³/mol. The smallest absolute Gasteiger partial charge is 0.328 e. The molecule has 0 amide bonds. The molecule has 0 fully saturated rings. The Morgan fingerprint density at radius 1 is 1.10 bits per heavy atom. The normalized spacial score (nSPS) is 10.8. The molecule has 0 heterocycles. The van der Waals surface area contributed by atoms with E-state index in [9.17, 15) is 4.79 Å². The third-order valence-corrected chi connectivity index (χ3v) is 3.50. The van der Waals surface area contributed by atoms with Gasteiger partial charge in [0.15, 0.2) is 0 Å². The highest BCUT2D eigenvalue weighted by atomic mass is 79.9. The van der Waals surface area contributed by atoms with Crippen LogP contribution < -0.4 is 4.74 Å². The van der Waals surface area contributed by atoms with Crippen molar-refractivity contribution in [2.24, 2.45) is 0 Å². The van der Waals surface area contributed by atoms with E-state index in [0.29, 0.717) is 11.5 Å². The zero-order valence-electron chi connectivity index (χ0n) is 11.8. The zero-order chi connectivity index (χ0) is 15.4. The van der Waals surface area contributed by atoms with Crippen LogP contribution in [0.1, 0.15) is 16.7 Å². The molecule has 2 aromatic carbocycles. The quantitative estimate of drug-likeness (QED) is 0.796. The van der Waals surface area contributed by atoms with Crippen LogP contribution in [0.2, 0.25) is 0 Å². The lowest BCUT2D eigenvalue weighted by atomic mass is 10.1. The van der Waals surface area contributed by atoms with Crippen molar-refractivity contribution in [2.45, 2.75) is 13.8 Å². The van der Waals surface area contributed by atoms with Crippen LogP contribution in [-0.2, 0) is 4.79 Å². The van der Waals surface area contributed by atoms with Crippen LogP contribution in [-0.4, -0.2) is 11.1 Å². The van der Waals surface area contributed by atoms with Gasteiger partial charge < -0.3 is 9.84 Å². The highest BCUT2D eigenvalue weighted by Gasteiger charge is 2.07. The Labute approximate surface area is 132 Å². The van der Waals surface area contributed by atoms with Gasteiger partial charge in [-0.2, -0.15) is 0 Å². The van der Waals surface area contributed by atoms with Crippen LogP contribution in [0.5, 0.6) is 11.5 Å². The molecule has 1 N–H and O–H groups in total. The van der Waals surface area contributed by atoms with Crippen molar-refractivity contribution in [1.29, 1.82) is 0 Å². The highest BCUT2D eigenvalue weighted by molar-refractivity contribution is 9.10. The monoisotopic (exact) mass is 346 g/mol. The number of benzene rings is 2. The van der Waals surface area contributed by atoms with Crippen LogP contribution >= 0.6 is 15.9 Å². The van der Waals surface area contributed by atoms with E-state index in [0.717, 1.165) is 27.2 Å². The Bertz CT molecular complexity index is 705. The minimum Gasteiger partial charge on any atom is -0.478 e. The van der Waals surface area contributed by atoms with Crippen LogP contribution in [0.3, 0.4) is 0 Å². The van der Waals surface area contributed by atoms with Crippen molar-refractivity contribution >= 4 is 28.0 Å². The second-order valence-corrected chi connectivity index (χ2v) is 5.60. The van der Waals surface area contributed by atoms with Gasteiger partial charge in [-0.1, -0.05) is 17.7 Å². The molecule has 0 aliphatic carbocycles. The lowest BCUT2D eigenvalue weighted by Crippen LogP contribution is -1.91. The maximum absolute atomic E-state index is 10.7. The summed E-state index contributed by atoms with van der Waals surface area (Å²) < 4.78 is 6.75. The largest absolute Gasteiger partial charge is 0.478 e. The summed E-state index contributed by atoms with van der Waals surface area (Å²) in [6, 6.07) is 11.5. The van der Waals surface area contributed by atoms with Crippen LogP contribution in [0.25, 0.3) is 6.08 Å². The number of carboxylic acid groups (broad SMARTS) is 1. The fraction of sp³-hybridized carbons (Fsp3) is 0.118. The number of aliphatic carboxylic acids is 1. The Hall–Kier alpha value is -2.07. The van der Waals surface area contributed by atoms with Crippen LogP contribution in [0.4, 0.5) is 0 Å². The number of hydrogen-bond donors (Lipinski definition) is 1. The van der Waals surface area contributed by atoms with Gasteiger partial charge in [-0.05, 0) is 65.7 Å². The molecule has 4 heteroatoms.